The fourth-order valence-corrected chi connectivity index (χ4v) is 3.61. The van der Waals surface area contributed by atoms with Crippen molar-refractivity contribution in [2.24, 2.45) is 0 Å². The van der Waals surface area contributed by atoms with E-state index in [1.165, 1.54) is 0 Å². The van der Waals surface area contributed by atoms with Crippen molar-refractivity contribution < 1.29 is 28.4 Å². The molecule has 0 aliphatic carbocycles. The van der Waals surface area contributed by atoms with Gasteiger partial charge in [-0.15, -0.1) is 0 Å². The second kappa shape index (κ2) is 8.89. The molecule has 0 spiro atoms. The van der Waals surface area contributed by atoms with E-state index in [1.807, 2.05) is 0 Å². The van der Waals surface area contributed by atoms with Gasteiger partial charge in [0.1, 0.15) is 34.5 Å². The van der Waals surface area contributed by atoms with Gasteiger partial charge in [0.25, 0.3) is 0 Å². The van der Waals surface area contributed by atoms with E-state index in [-0.39, 0.29) is 4.83 Å². The topological polar surface area (TPSA) is 55.4 Å². The zero-order chi connectivity index (χ0) is 19.3. The molecule has 0 heterocycles. The second-order valence-electron chi connectivity index (χ2n) is 5.25. The molecule has 142 valence electrons. The first-order chi connectivity index (χ1) is 12.5. The molecule has 0 atom stereocenters. The molecule has 0 unspecified atom stereocenters. The third-order valence-corrected chi connectivity index (χ3v) is 4.93. The van der Waals surface area contributed by atoms with Crippen LogP contribution in [0.1, 0.15) is 16.0 Å². The minimum absolute atomic E-state index is 0.325. The molecule has 7 heteroatoms. The number of alkyl halides is 1. The highest BCUT2D eigenvalue weighted by Gasteiger charge is 2.28. The lowest BCUT2D eigenvalue weighted by Crippen LogP contribution is -2.05. The Bertz CT molecular complexity index is 648. The number of ether oxygens (including phenoxy) is 6. The zero-order valence-corrected chi connectivity index (χ0v) is 17.3. The number of rotatable bonds is 8. The average molecular weight is 427 g/mol. The molecule has 2 rings (SSSR count). The Morgan fingerprint density at radius 3 is 1.00 bits per heavy atom. The minimum atomic E-state index is -0.325. The van der Waals surface area contributed by atoms with E-state index in [1.54, 1.807) is 66.9 Å². The maximum atomic E-state index is 5.57. The van der Waals surface area contributed by atoms with Crippen molar-refractivity contribution in [1.82, 2.24) is 0 Å². The molecule has 0 aliphatic rings. The van der Waals surface area contributed by atoms with Gasteiger partial charge in [-0.25, -0.2) is 0 Å². The second-order valence-corrected chi connectivity index (χ2v) is 6.17. The Balaban J connectivity index is 2.71. The highest BCUT2D eigenvalue weighted by Crippen LogP contribution is 2.50. The van der Waals surface area contributed by atoms with Gasteiger partial charge in [0.05, 0.1) is 58.6 Å². The predicted octanol–water partition coefficient (Wildman–Crippen LogP) is 4.22. The molecule has 0 fully saturated rings. The van der Waals surface area contributed by atoms with E-state index in [2.05, 4.69) is 15.9 Å². The summed E-state index contributed by atoms with van der Waals surface area (Å²) >= 11 is 3.75. The van der Waals surface area contributed by atoms with Crippen LogP contribution in [0.5, 0.6) is 34.5 Å². The van der Waals surface area contributed by atoms with Crippen LogP contribution in [-0.4, -0.2) is 42.7 Å². The van der Waals surface area contributed by atoms with Gasteiger partial charge in [0, 0.05) is 24.3 Å². The Labute approximate surface area is 162 Å². The van der Waals surface area contributed by atoms with Crippen LogP contribution in [0.3, 0.4) is 0 Å². The van der Waals surface area contributed by atoms with Crippen molar-refractivity contribution in [2.75, 3.05) is 42.7 Å². The Hall–Kier alpha value is -2.28. The fourth-order valence-electron chi connectivity index (χ4n) is 2.71. The molecule has 0 radical (unpaired) electrons. The first-order valence-corrected chi connectivity index (χ1v) is 8.69. The Morgan fingerprint density at radius 2 is 0.808 bits per heavy atom. The quantitative estimate of drug-likeness (QED) is 0.588. The average Bonchev–Trinajstić information content (AvgIpc) is 2.70. The van der Waals surface area contributed by atoms with Crippen LogP contribution in [0.2, 0.25) is 0 Å². The molecule has 0 N–H and O–H groups in total. The van der Waals surface area contributed by atoms with Crippen molar-refractivity contribution in [2.45, 2.75) is 4.83 Å². The van der Waals surface area contributed by atoms with Crippen molar-refractivity contribution in [3.63, 3.8) is 0 Å². The minimum Gasteiger partial charge on any atom is -0.496 e. The van der Waals surface area contributed by atoms with Crippen molar-refractivity contribution in [1.29, 1.82) is 0 Å². The lowest BCUT2D eigenvalue weighted by molar-refractivity contribution is 0.362. The van der Waals surface area contributed by atoms with Crippen LogP contribution in [0.25, 0.3) is 0 Å². The van der Waals surface area contributed by atoms with E-state index < -0.39 is 0 Å². The summed E-state index contributed by atoms with van der Waals surface area (Å²) < 4.78 is 32.9. The van der Waals surface area contributed by atoms with Gasteiger partial charge in [-0.05, 0) is 0 Å². The normalized spacial score (nSPS) is 10.5. The van der Waals surface area contributed by atoms with E-state index in [0.717, 1.165) is 11.1 Å². The van der Waals surface area contributed by atoms with Gasteiger partial charge in [0.2, 0.25) is 0 Å². The van der Waals surface area contributed by atoms with E-state index in [4.69, 9.17) is 28.4 Å². The van der Waals surface area contributed by atoms with Crippen molar-refractivity contribution >= 4 is 15.9 Å². The summed E-state index contributed by atoms with van der Waals surface area (Å²) in [6.07, 6.45) is 0. The van der Waals surface area contributed by atoms with E-state index in [9.17, 15) is 0 Å². The highest BCUT2D eigenvalue weighted by molar-refractivity contribution is 9.09. The summed E-state index contributed by atoms with van der Waals surface area (Å²) in [5.74, 6) is 3.73. The van der Waals surface area contributed by atoms with Crippen molar-refractivity contribution in [3.05, 3.63) is 35.4 Å². The van der Waals surface area contributed by atoms with Gasteiger partial charge in [-0.1, -0.05) is 15.9 Å². The number of methoxy groups -OCH3 is 6. The third kappa shape index (κ3) is 3.77. The zero-order valence-electron chi connectivity index (χ0n) is 15.7. The number of hydrogen-bond donors (Lipinski definition) is 0. The van der Waals surface area contributed by atoms with Crippen LogP contribution in [0, 0.1) is 0 Å². The lowest BCUT2D eigenvalue weighted by Gasteiger charge is -2.23. The Morgan fingerprint density at radius 1 is 0.538 bits per heavy atom. The maximum absolute atomic E-state index is 5.57. The van der Waals surface area contributed by atoms with Gasteiger partial charge in [-0.2, -0.15) is 0 Å². The molecule has 0 bridgehead atoms. The third-order valence-electron chi connectivity index (χ3n) is 4.01. The molecule has 0 saturated carbocycles. The fraction of sp³-hybridized carbons (Fsp3) is 0.368. The summed E-state index contributed by atoms with van der Waals surface area (Å²) in [6, 6.07) is 7.20. The van der Waals surface area contributed by atoms with Crippen LogP contribution in [0.15, 0.2) is 24.3 Å². The molecular formula is C19H23BrO6. The first-order valence-electron chi connectivity index (χ1n) is 7.78. The maximum Gasteiger partial charge on any atom is 0.130 e. The standard InChI is InChI=1S/C19H23BrO6/c1-21-11-7-13(23-3)17(14(8-11)24-4)19(20)18-15(25-5)9-12(22-2)10-16(18)26-6/h7-10,19H,1-6H3. The molecule has 0 aromatic heterocycles. The highest BCUT2D eigenvalue weighted by atomic mass is 79.9. The molecule has 0 aliphatic heterocycles. The predicted molar refractivity (Wildman–Crippen MR) is 103 cm³/mol. The summed E-state index contributed by atoms with van der Waals surface area (Å²) in [7, 11) is 9.57. The van der Waals surface area contributed by atoms with E-state index >= 15 is 0 Å². The summed E-state index contributed by atoms with van der Waals surface area (Å²) in [6.45, 7) is 0. The Kier molecular flexibility index (Phi) is 6.85. The number of halogens is 1. The summed E-state index contributed by atoms with van der Waals surface area (Å²) in [5.41, 5.74) is 1.58. The van der Waals surface area contributed by atoms with Gasteiger partial charge in [0.15, 0.2) is 0 Å². The molecule has 2 aromatic carbocycles. The molecule has 26 heavy (non-hydrogen) atoms. The lowest BCUT2D eigenvalue weighted by atomic mass is 10.00. The number of benzene rings is 2. The number of hydrogen-bond acceptors (Lipinski definition) is 6. The van der Waals surface area contributed by atoms with Crippen LogP contribution in [-0.2, 0) is 0 Å². The summed E-state index contributed by atoms with van der Waals surface area (Å²) in [5, 5.41) is 0. The molecular weight excluding hydrogens is 404 g/mol. The van der Waals surface area contributed by atoms with Crippen molar-refractivity contribution in [3.8, 4) is 34.5 Å². The SMILES string of the molecule is COc1cc(OC)c(C(Br)c2c(OC)cc(OC)cc2OC)c(OC)c1. The smallest absolute Gasteiger partial charge is 0.130 e. The molecule has 0 saturated heterocycles. The molecule has 0 amide bonds. The van der Waals surface area contributed by atoms with Gasteiger partial charge < -0.3 is 28.4 Å². The van der Waals surface area contributed by atoms with Gasteiger partial charge in [-0.3, -0.25) is 0 Å². The van der Waals surface area contributed by atoms with Crippen LogP contribution in [0.4, 0.5) is 0 Å². The van der Waals surface area contributed by atoms with Gasteiger partial charge >= 0.3 is 0 Å². The monoisotopic (exact) mass is 426 g/mol. The first kappa shape index (κ1) is 20.0. The summed E-state index contributed by atoms with van der Waals surface area (Å²) in [4.78, 5) is -0.325. The van der Waals surface area contributed by atoms with Crippen LogP contribution >= 0.6 is 15.9 Å². The largest absolute Gasteiger partial charge is 0.496 e. The molecule has 2 aromatic rings. The van der Waals surface area contributed by atoms with E-state index in [0.29, 0.717) is 34.5 Å². The van der Waals surface area contributed by atoms with Crippen LogP contribution < -0.4 is 28.4 Å². The molecule has 6 nitrogen and oxygen atoms in total.